The number of likely N-dealkylation sites (tertiary alicyclic amines) is 1. The van der Waals surface area contributed by atoms with E-state index in [1.807, 2.05) is 0 Å². The van der Waals surface area contributed by atoms with Gasteiger partial charge in [-0.2, -0.15) is 13.2 Å². The molecule has 126 valence electrons. The maximum Gasteiger partial charge on any atom is 0.416 e. The summed E-state index contributed by atoms with van der Waals surface area (Å²) in [6.45, 7) is 0.826. The SMILES string of the molecule is COC(=O)C[C@H]1CCN(C(=O)Nc2cccc(C(F)(F)F)c2)C1. The van der Waals surface area contributed by atoms with Gasteiger partial charge in [0.1, 0.15) is 0 Å². The van der Waals surface area contributed by atoms with Gasteiger partial charge in [-0.15, -0.1) is 0 Å². The summed E-state index contributed by atoms with van der Waals surface area (Å²) in [5, 5.41) is 2.46. The zero-order valence-corrected chi connectivity index (χ0v) is 12.5. The first kappa shape index (κ1) is 17.1. The summed E-state index contributed by atoms with van der Waals surface area (Å²) >= 11 is 0. The van der Waals surface area contributed by atoms with Gasteiger partial charge < -0.3 is 15.0 Å². The molecule has 1 fully saturated rings. The third-order valence-corrected chi connectivity index (χ3v) is 3.70. The van der Waals surface area contributed by atoms with Gasteiger partial charge in [0.25, 0.3) is 0 Å². The lowest BCUT2D eigenvalue weighted by Crippen LogP contribution is -2.33. The van der Waals surface area contributed by atoms with E-state index in [4.69, 9.17) is 0 Å². The number of hydrogen-bond donors (Lipinski definition) is 1. The van der Waals surface area contributed by atoms with E-state index in [-0.39, 0.29) is 24.0 Å². The molecular formula is C15H17F3N2O3. The molecule has 23 heavy (non-hydrogen) atoms. The van der Waals surface area contributed by atoms with Gasteiger partial charge in [0, 0.05) is 18.8 Å². The van der Waals surface area contributed by atoms with E-state index < -0.39 is 17.8 Å². The number of carbonyl (C=O) groups is 2. The quantitative estimate of drug-likeness (QED) is 0.866. The average Bonchev–Trinajstić information content (AvgIpc) is 2.95. The van der Waals surface area contributed by atoms with E-state index in [9.17, 15) is 22.8 Å². The molecule has 1 aromatic carbocycles. The van der Waals surface area contributed by atoms with Gasteiger partial charge in [0.15, 0.2) is 0 Å². The molecule has 1 saturated heterocycles. The molecule has 2 rings (SSSR count). The van der Waals surface area contributed by atoms with Crippen LogP contribution in [0.1, 0.15) is 18.4 Å². The minimum Gasteiger partial charge on any atom is -0.469 e. The van der Waals surface area contributed by atoms with E-state index in [0.717, 1.165) is 12.1 Å². The maximum absolute atomic E-state index is 12.6. The van der Waals surface area contributed by atoms with Crippen LogP contribution in [-0.4, -0.2) is 37.1 Å². The van der Waals surface area contributed by atoms with Crippen molar-refractivity contribution in [3.05, 3.63) is 29.8 Å². The molecule has 0 unspecified atom stereocenters. The normalized spacial score (nSPS) is 17.9. The van der Waals surface area contributed by atoms with Gasteiger partial charge >= 0.3 is 18.2 Å². The Kier molecular flexibility index (Phi) is 5.12. The van der Waals surface area contributed by atoms with E-state index in [2.05, 4.69) is 10.1 Å². The Bertz CT molecular complexity index is 590. The Balaban J connectivity index is 1.94. The summed E-state index contributed by atoms with van der Waals surface area (Å²) < 4.78 is 42.5. The van der Waals surface area contributed by atoms with E-state index in [0.29, 0.717) is 19.5 Å². The predicted molar refractivity (Wildman–Crippen MR) is 76.8 cm³/mol. The number of esters is 1. The number of rotatable bonds is 3. The molecule has 8 heteroatoms. The van der Waals surface area contributed by atoms with Gasteiger partial charge in [-0.05, 0) is 30.5 Å². The number of amides is 2. The lowest BCUT2D eigenvalue weighted by molar-refractivity contribution is -0.141. The number of methoxy groups -OCH3 is 1. The summed E-state index contributed by atoms with van der Waals surface area (Å²) in [5.41, 5.74) is -0.735. The van der Waals surface area contributed by atoms with Crippen molar-refractivity contribution in [2.24, 2.45) is 5.92 Å². The standard InChI is InChI=1S/C15H17F3N2O3/c1-23-13(21)7-10-5-6-20(9-10)14(22)19-12-4-2-3-11(8-12)15(16,17)18/h2-4,8,10H,5-7,9H2,1H3,(H,19,22)/t10-/m1/s1. The van der Waals surface area contributed by atoms with Crippen LogP contribution in [0.15, 0.2) is 24.3 Å². The number of halogens is 3. The highest BCUT2D eigenvalue weighted by Gasteiger charge is 2.31. The number of urea groups is 1. The highest BCUT2D eigenvalue weighted by molar-refractivity contribution is 5.89. The van der Waals surface area contributed by atoms with Crippen LogP contribution < -0.4 is 5.32 Å². The molecule has 1 aliphatic heterocycles. The van der Waals surface area contributed by atoms with Crippen LogP contribution in [0.4, 0.5) is 23.7 Å². The maximum atomic E-state index is 12.6. The number of anilines is 1. The lowest BCUT2D eigenvalue weighted by Gasteiger charge is -2.18. The van der Waals surface area contributed by atoms with Crippen LogP contribution in [0.3, 0.4) is 0 Å². The number of nitrogens with zero attached hydrogens (tertiary/aromatic N) is 1. The molecule has 1 N–H and O–H groups in total. The smallest absolute Gasteiger partial charge is 0.416 e. The molecular weight excluding hydrogens is 313 g/mol. The number of ether oxygens (including phenoxy) is 1. The molecule has 5 nitrogen and oxygen atoms in total. The van der Waals surface area contributed by atoms with Crippen molar-refractivity contribution in [2.75, 3.05) is 25.5 Å². The first-order chi connectivity index (χ1) is 10.8. The van der Waals surface area contributed by atoms with Crippen LogP contribution in [0.2, 0.25) is 0 Å². The van der Waals surface area contributed by atoms with Crippen molar-refractivity contribution >= 4 is 17.7 Å². The Morgan fingerprint density at radius 3 is 2.78 bits per heavy atom. The fourth-order valence-electron chi connectivity index (χ4n) is 2.48. The van der Waals surface area contributed by atoms with Crippen LogP contribution in [0.5, 0.6) is 0 Å². The molecule has 0 spiro atoms. The Morgan fingerprint density at radius 2 is 2.13 bits per heavy atom. The average molecular weight is 330 g/mol. The van der Waals surface area contributed by atoms with Gasteiger partial charge in [-0.3, -0.25) is 4.79 Å². The third kappa shape index (κ3) is 4.61. The minimum absolute atomic E-state index is 0.00899. The number of alkyl halides is 3. The zero-order valence-electron chi connectivity index (χ0n) is 12.5. The summed E-state index contributed by atoms with van der Waals surface area (Å²) in [4.78, 5) is 24.8. The van der Waals surface area contributed by atoms with Crippen molar-refractivity contribution in [3.63, 3.8) is 0 Å². The highest BCUT2D eigenvalue weighted by atomic mass is 19.4. The highest BCUT2D eigenvalue weighted by Crippen LogP contribution is 2.31. The Hall–Kier alpha value is -2.25. The largest absolute Gasteiger partial charge is 0.469 e. The van der Waals surface area contributed by atoms with Crippen molar-refractivity contribution in [1.29, 1.82) is 0 Å². The lowest BCUT2D eigenvalue weighted by atomic mass is 10.1. The molecule has 0 aliphatic carbocycles. The van der Waals surface area contributed by atoms with E-state index in [1.54, 1.807) is 0 Å². The van der Waals surface area contributed by atoms with Crippen LogP contribution in [0, 0.1) is 5.92 Å². The number of benzene rings is 1. The van der Waals surface area contributed by atoms with Crippen molar-refractivity contribution in [2.45, 2.75) is 19.0 Å². The molecule has 0 bridgehead atoms. The van der Waals surface area contributed by atoms with Crippen LogP contribution >= 0.6 is 0 Å². The Morgan fingerprint density at radius 1 is 1.39 bits per heavy atom. The van der Waals surface area contributed by atoms with E-state index in [1.165, 1.54) is 24.1 Å². The summed E-state index contributed by atoms with van der Waals surface area (Å²) in [6, 6.07) is 3.99. The molecule has 0 aromatic heterocycles. The zero-order chi connectivity index (χ0) is 17.0. The van der Waals surface area contributed by atoms with Crippen molar-refractivity contribution in [1.82, 2.24) is 4.90 Å². The second-order valence-corrected chi connectivity index (χ2v) is 5.39. The summed E-state index contributed by atoms with van der Waals surface area (Å²) in [5.74, 6) is -0.329. The number of carbonyl (C=O) groups excluding carboxylic acids is 2. The summed E-state index contributed by atoms with van der Waals surface area (Å²) in [7, 11) is 1.30. The second-order valence-electron chi connectivity index (χ2n) is 5.39. The molecule has 2 amide bonds. The number of hydrogen-bond acceptors (Lipinski definition) is 3. The van der Waals surface area contributed by atoms with Gasteiger partial charge in [-0.25, -0.2) is 4.79 Å². The topological polar surface area (TPSA) is 58.6 Å². The minimum atomic E-state index is -4.46. The molecule has 1 aliphatic rings. The van der Waals surface area contributed by atoms with Gasteiger partial charge in [0.2, 0.25) is 0 Å². The fraction of sp³-hybridized carbons (Fsp3) is 0.467. The van der Waals surface area contributed by atoms with Crippen LogP contribution in [-0.2, 0) is 15.7 Å². The first-order valence-corrected chi connectivity index (χ1v) is 7.09. The molecule has 1 heterocycles. The fourth-order valence-corrected chi connectivity index (χ4v) is 2.48. The molecule has 1 aromatic rings. The monoisotopic (exact) mass is 330 g/mol. The van der Waals surface area contributed by atoms with Crippen molar-refractivity contribution < 1.29 is 27.5 Å². The third-order valence-electron chi connectivity index (χ3n) is 3.70. The van der Waals surface area contributed by atoms with Crippen LogP contribution in [0.25, 0.3) is 0 Å². The van der Waals surface area contributed by atoms with Gasteiger partial charge in [0.05, 0.1) is 19.1 Å². The molecule has 0 radical (unpaired) electrons. The molecule has 0 saturated carbocycles. The predicted octanol–water partition coefficient (Wildman–Crippen LogP) is 3.12. The second kappa shape index (κ2) is 6.89. The van der Waals surface area contributed by atoms with E-state index >= 15 is 0 Å². The van der Waals surface area contributed by atoms with Crippen molar-refractivity contribution in [3.8, 4) is 0 Å². The van der Waals surface area contributed by atoms with Gasteiger partial charge in [-0.1, -0.05) is 6.07 Å². The first-order valence-electron chi connectivity index (χ1n) is 7.09. The molecule has 1 atom stereocenters. The Labute approximate surface area is 131 Å². The summed E-state index contributed by atoms with van der Waals surface area (Å²) in [6.07, 6.45) is -3.57. The number of nitrogens with one attached hydrogen (secondary N) is 1.